The molecule has 16 atom stereocenters. The van der Waals surface area contributed by atoms with E-state index in [2.05, 4.69) is 31.9 Å². The lowest BCUT2D eigenvalue weighted by molar-refractivity contribution is -0.279. The number of hydrogen-bond donors (Lipinski definition) is 7. The van der Waals surface area contributed by atoms with Crippen molar-refractivity contribution in [2.45, 2.75) is 187 Å². The lowest BCUT2D eigenvalue weighted by Gasteiger charge is -2.44. The van der Waals surface area contributed by atoms with E-state index in [9.17, 15) is 77.0 Å². The van der Waals surface area contributed by atoms with Gasteiger partial charge in [-0.25, -0.2) is 0 Å². The van der Waals surface area contributed by atoms with E-state index in [1.165, 1.54) is 37.8 Å². The molecule has 3 aliphatic heterocycles. The number of rotatable bonds is 54. The SMILES string of the molecule is CC(=O)N[C@H]1[C@H](OCCOCCOCCNC(=O)CN(CC(=O)NCCOCCOCCO[C@@H]2O[C@H](COC(C)=O)[C@H](OC(C)=O)[C@H](OC(C)=O)[C@H]2NC(C)=O)C(Cc2ccc(-c3ccc(O)cc3)cc2)C(=O)NCCOCCOCCO[C@@H]2O[C@H](COC(C)=O)[C@H](OC(C)=O)[C@H](OC(C)=O)[C@H]2NC(C)=O)O[C@H](COC(C)=O)[C@H](OC(C)=O)[C@@H]1OC(C)=O. The minimum atomic E-state index is -1.34. The molecule has 0 bridgehead atoms. The predicted octanol–water partition coefficient (Wildman–Crippen LogP) is -2.26. The van der Waals surface area contributed by atoms with Crippen molar-refractivity contribution in [1.82, 2.24) is 36.8 Å². The molecule has 3 saturated heterocycles. The maximum atomic E-state index is 14.7. The van der Waals surface area contributed by atoms with Gasteiger partial charge in [-0.1, -0.05) is 36.4 Å². The Bertz CT molecular complexity index is 3600. The second-order valence-corrected chi connectivity index (χ2v) is 27.8. The van der Waals surface area contributed by atoms with Gasteiger partial charge in [0.1, 0.15) is 62.0 Å². The number of phenols is 1. The smallest absolute Gasteiger partial charge is 0.303 e. The number of ether oxygens (including phenoxy) is 21. The van der Waals surface area contributed by atoms with Gasteiger partial charge in [0.2, 0.25) is 35.4 Å². The van der Waals surface area contributed by atoms with Crippen LogP contribution in [0.2, 0.25) is 0 Å². The molecule has 0 radical (unpaired) electrons. The standard InChI is InChI=1S/C79H115N7O37/c1-45(87)83-67-73(118-54(10)96)70(115-51(7)93)62(42-112-48(4)90)121-77(67)109-36-33-106-30-27-103-24-21-80-65(100)40-86(41-66(101)81-22-25-104-28-31-107-34-37-110-78-68(84-46(2)88)74(119-55(11)97)71(116-52(8)94)63(122-78)43-113-49(5)91)61(39-57-13-15-58(16-14-57)59-17-19-60(99)20-18-59)76(102)82-23-26-105-29-32-108-35-38-111-79-69(85-47(3)89)75(120-56(12)98)72(117-53(9)95)64(123-79)44-114-50(6)92/h13-20,61-64,67-75,77-79,99H,21-44H2,1-12H3,(H,80,100)(H,81,101)(H,82,102)(H,83,87)(H,84,88)(H,85,89)/t61?,62-,63-,64-,67-,68-,69-,70+,71+,72+,73-,74-,75-,77-,78-,79-/m1/s1. The number of esters is 9. The largest absolute Gasteiger partial charge is 0.508 e. The molecule has 3 fully saturated rings. The van der Waals surface area contributed by atoms with Gasteiger partial charge in [0.25, 0.3) is 0 Å². The van der Waals surface area contributed by atoms with Gasteiger partial charge < -0.3 is 136 Å². The van der Waals surface area contributed by atoms with Gasteiger partial charge in [0.05, 0.1) is 118 Å². The van der Waals surface area contributed by atoms with Gasteiger partial charge in [0.15, 0.2) is 55.5 Å². The van der Waals surface area contributed by atoms with Crippen LogP contribution >= 0.6 is 0 Å². The molecule has 123 heavy (non-hydrogen) atoms. The zero-order valence-electron chi connectivity index (χ0n) is 70.9. The first-order valence-corrected chi connectivity index (χ1v) is 39.5. The Morgan fingerprint density at radius 3 is 0.894 bits per heavy atom. The molecule has 7 N–H and O–H groups in total. The monoisotopic (exact) mass is 1750 g/mol. The van der Waals surface area contributed by atoms with Crippen LogP contribution in [-0.4, -0.2) is 349 Å². The molecule has 5 rings (SSSR count). The van der Waals surface area contributed by atoms with Crippen LogP contribution in [-0.2, 0) is 178 Å². The topological polar surface area (TPSA) is 546 Å². The number of aromatic hydroxyl groups is 1. The second kappa shape index (κ2) is 55.8. The molecule has 44 heteroatoms. The highest BCUT2D eigenvalue weighted by Gasteiger charge is 2.54. The molecule has 44 nitrogen and oxygen atoms in total. The van der Waals surface area contributed by atoms with Crippen molar-refractivity contribution >= 4 is 89.2 Å². The van der Waals surface area contributed by atoms with Gasteiger partial charge in [-0.2, -0.15) is 0 Å². The lowest BCUT2D eigenvalue weighted by Crippen LogP contribution is -2.66. The van der Waals surface area contributed by atoms with Crippen LogP contribution in [0.5, 0.6) is 5.75 Å². The van der Waals surface area contributed by atoms with E-state index in [4.69, 9.17) is 99.5 Å². The number of hydrogen-bond acceptors (Lipinski definition) is 38. The molecule has 2 aromatic rings. The molecule has 3 aliphatic rings. The molecular formula is C79H115N7O37. The summed E-state index contributed by atoms with van der Waals surface area (Å²) in [5, 5.41) is 26.2. The summed E-state index contributed by atoms with van der Waals surface area (Å²) < 4.78 is 119. The third-order valence-corrected chi connectivity index (χ3v) is 17.6. The Morgan fingerprint density at radius 2 is 0.610 bits per heavy atom. The third kappa shape index (κ3) is 39.9. The van der Waals surface area contributed by atoms with Gasteiger partial charge >= 0.3 is 53.7 Å². The van der Waals surface area contributed by atoms with Crippen LogP contribution in [0.4, 0.5) is 0 Å². The number of amides is 6. The highest BCUT2D eigenvalue weighted by molar-refractivity contribution is 5.86. The van der Waals surface area contributed by atoms with E-state index in [-0.39, 0.29) is 131 Å². The van der Waals surface area contributed by atoms with Crippen molar-refractivity contribution in [2.24, 2.45) is 0 Å². The molecule has 0 saturated carbocycles. The molecule has 0 aliphatic carbocycles. The highest BCUT2D eigenvalue weighted by Crippen LogP contribution is 2.32. The third-order valence-electron chi connectivity index (χ3n) is 17.6. The fraction of sp³-hybridized carbons (Fsp3) is 0.658. The molecule has 1 unspecified atom stereocenters. The van der Waals surface area contributed by atoms with Crippen molar-refractivity contribution in [3.8, 4) is 16.9 Å². The number of phenolic OH excluding ortho intramolecular Hbond substituents is 1. The molecule has 688 valence electrons. The van der Waals surface area contributed by atoms with E-state index >= 15 is 0 Å². The van der Waals surface area contributed by atoms with Gasteiger partial charge in [0, 0.05) is 103 Å². The minimum absolute atomic E-state index is 0.00472. The maximum absolute atomic E-state index is 14.7. The fourth-order valence-electron chi connectivity index (χ4n) is 12.7. The number of nitrogens with one attached hydrogen (secondary N) is 6. The lowest BCUT2D eigenvalue weighted by atomic mass is 9.96. The predicted molar refractivity (Wildman–Crippen MR) is 416 cm³/mol. The Hall–Kier alpha value is -10.2. The van der Waals surface area contributed by atoms with Crippen LogP contribution < -0.4 is 31.9 Å². The Balaban J connectivity index is 1.23. The Morgan fingerprint density at radius 1 is 0.341 bits per heavy atom. The van der Waals surface area contributed by atoms with Crippen molar-refractivity contribution in [2.75, 3.05) is 152 Å². The summed E-state index contributed by atoms with van der Waals surface area (Å²) in [4.78, 5) is 190. The maximum Gasteiger partial charge on any atom is 0.303 e. The molecule has 0 aromatic heterocycles. The van der Waals surface area contributed by atoms with Crippen molar-refractivity contribution in [3.05, 3.63) is 54.1 Å². The summed E-state index contributed by atoms with van der Waals surface area (Å²) in [6.45, 7) is 10.5. The minimum Gasteiger partial charge on any atom is -0.508 e. The van der Waals surface area contributed by atoms with Crippen molar-refractivity contribution in [3.63, 3.8) is 0 Å². The van der Waals surface area contributed by atoms with Crippen LogP contribution in [0.3, 0.4) is 0 Å². The van der Waals surface area contributed by atoms with Crippen LogP contribution in [0, 0.1) is 0 Å². The van der Waals surface area contributed by atoms with Crippen LogP contribution in [0.1, 0.15) is 88.6 Å². The van der Waals surface area contributed by atoms with Crippen molar-refractivity contribution < 1.29 is 176 Å². The van der Waals surface area contributed by atoms with E-state index < -0.39 is 220 Å². The number of nitrogens with zero attached hydrogens (tertiary/aromatic N) is 1. The summed E-state index contributed by atoms with van der Waals surface area (Å²) >= 11 is 0. The number of carbonyl (C=O) groups is 15. The average molecular weight is 1750 g/mol. The first kappa shape index (κ1) is 103. The zero-order chi connectivity index (χ0) is 90.5. The van der Waals surface area contributed by atoms with Crippen LogP contribution in [0.25, 0.3) is 11.1 Å². The molecule has 3 heterocycles. The first-order chi connectivity index (χ1) is 58.6. The van der Waals surface area contributed by atoms with Gasteiger partial charge in [-0.3, -0.25) is 76.8 Å². The normalized spacial score (nSPS) is 22.5. The van der Waals surface area contributed by atoms with Crippen LogP contribution in [0.15, 0.2) is 48.5 Å². The number of carbonyl (C=O) groups excluding carboxylic acids is 15. The van der Waals surface area contributed by atoms with E-state index in [0.29, 0.717) is 5.56 Å². The van der Waals surface area contributed by atoms with Gasteiger partial charge in [-0.15, -0.1) is 0 Å². The zero-order valence-corrected chi connectivity index (χ0v) is 70.9. The average Bonchev–Trinajstić information content (AvgIpc) is 0.826. The Kier molecular flexibility index (Phi) is 46.9. The summed E-state index contributed by atoms with van der Waals surface area (Å²) in [6.07, 6.45) is -15.6. The van der Waals surface area contributed by atoms with E-state index in [0.717, 1.165) is 73.4 Å². The summed E-state index contributed by atoms with van der Waals surface area (Å²) in [7, 11) is 0. The van der Waals surface area contributed by atoms with E-state index in [1.54, 1.807) is 24.3 Å². The molecule has 2 aromatic carbocycles. The first-order valence-electron chi connectivity index (χ1n) is 39.5. The summed E-state index contributed by atoms with van der Waals surface area (Å²) in [6, 6.07) is 8.86. The van der Waals surface area contributed by atoms with E-state index in [1.807, 2.05) is 12.1 Å². The number of benzene rings is 2. The molecule has 0 spiro atoms. The summed E-state index contributed by atoms with van der Waals surface area (Å²) in [5.41, 5.74) is 2.17. The highest BCUT2D eigenvalue weighted by atomic mass is 16.7. The Labute approximate surface area is 710 Å². The molecular weight excluding hydrogens is 1640 g/mol. The molecule has 6 amide bonds. The van der Waals surface area contributed by atoms with Crippen molar-refractivity contribution in [1.29, 1.82) is 0 Å². The fourth-order valence-corrected chi connectivity index (χ4v) is 12.7. The van der Waals surface area contributed by atoms with Gasteiger partial charge in [-0.05, 0) is 35.2 Å². The second-order valence-electron chi connectivity index (χ2n) is 27.8. The summed E-state index contributed by atoms with van der Waals surface area (Å²) in [5.74, 6) is -10.2. The quantitative estimate of drug-likeness (QED) is 0.0209.